The SMILES string of the molecule is CC[n+]1oc(C)cc1C.F[B-](F)(F)F. The van der Waals surface area contributed by atoms with Crippen molar-refractivity contribution in [2.45, 2.75) is 27.3 Å². The lowest BCUT2D eigenvalue weighted by atomic mass is 10.3. The molecule has 14 heavy (non-hydrogen) atoms. The summed E-state index contributed by atoms with van der Waals surface area (Å²) in [5, 5.41) is 0. The van der Waals surface area contributed by atoms with Gasteiger partial charge in [-0.1, -0.05) is 0 Å². The molecule has 0 aliphatic heterocycles. The van der Waals surface area contributed by atoms with E-state index in [0.717, 1.165) is 12.3 Å². The highest BCUT2D eigenvalue weighted by atomic mass is 19.5. The van der Waals surface area contributed by atoms with Crippen molar-refractivity contribution in [2.24, 2.45) is 0 Å². The van der Waals surface area contributed by atoms with E-state index in [0.29, 0.717) is 0 Å². The molecular weight excluding hydrogens is 201 g/mol. The lowest BCUT2D eigenvalue weighted by Crippen LogP contribution is -2.32. The molecule has 1 heterocycles. The van der Waals surface area contributed by atoms with E-state index >= 15 is 0 Å². The van der Waals surface area contributed by atoms with E-state index in [4.69, 9.17) is 4.52 Å². The van der Waals surface area contributed by atoms with Gasteiger partial charge in [0, 0.05) is 13.8 Å². The molecule has 0 radical (unpaired) electrons. The van der Waals surface area contributed by atoms with Crippen LogP contribution < -0.4 is 4.74 Å². The normalized spacial score (nSPS) is 10.8. The van der Waals surface area contributed by atoms with Crippen LogP contribution in [0.25, 0.3) is 0 Å². The predicted molar refractivity (Wildman–Crippen MR) is 44.2 cm³/mol. The Kier molecular flexibility index (Phi) is 4.66. The lowest BCUT2D eigenvalue weighted by molar-refractivity contribution is -0.866. The van der Waals surface area contributed by atoms with E-state index in [2.05, 4.69) is 6.92 Å². The molecular formula is C7H12BF4NO. The van der Waals surface area contributed by atoms with Crippen molar-refractivity contribution in [3.63, 3.8) is 0 Å². The second-order valence-electron chi connectivity index (χ2n) is 2.68. The predicted octanol–water partition coefficient (Wildman–Crippen LogP) is 2.50. The van der Waals surface area contributed by atoms with Gasteiger partial charge < -0.3 is 17.3 Å². The lowest BCUT2D eigenvalue weighted by Gasteiger charge is -1.94. The van der Waals surface area contributed by atoms with Gasteiger partial charge >= 0.3 is 7.25 Å². The summed E-state index contributed by atoms with van der Waals surface area (Å²) >= 11 is 0. The summed E-state index contributed by atoms with van der Waals surface area (Å²) < 4.78 is 46.2. The molecule has 0 saturated carbocycles. The molecule has 0 aliphatic rings. The second-order valence-corrected chi connectivity index (χ2v) is 2.68. The van der Waals surface area contributed by atoms with E-state index in [9.17, 15) is 17.3 Å². The maximum atomic E-state index is 9.75. The van der Waals surface area contributed by atoms with Gasteiger partial charge in [-0.3, -0.25) is 0 Å². The number of nitrogens with zero attached hydrogens (tertiary/aromatic N) is 1. The molecule has 0 N–H and O–H groups in total. The van der Waals surface area contributed by atoms with Crippen molar-refractivity contribution in [3.8, 4) is 0 Å². The molecule has 7 heteroatoms. The van der Waals surface area contributed by atoms with Crippen LogP contribution in [-0.4, -0.2) is 7.25 Å². The second kappa shape index (κ2) is 5.02. The number of hydrogen-bond donors (Lipinski definition) is 0. The van der Waals surface area contributed by atoms with Crippen molar-refractivity contribution in [1.82, 2.24) is 0 Å². The van der Waals surface area contributed by atoms with Crippen LogP contribution in [0, 0.1) is 13.8 Å². The van der Waals surface area contributed by atoms with E-state index in [1.165, 1.54) is 5.69 Å². The average Bonchev–Trinajstić information content (AvgIpc) is 2.25. The third kappa shape index (κ3) is 6.50. The van der Waals surface area contributed by atoms with Gasteiger partial charge in [0.2, 0.25) is 5.69 Å². The molecule has 82 valence electrons. The molecule has 0 amide bonds. The minimum absolute atomic E-state index is 0.916. The minimum Gasteiger partial charge on any atom is -0.418 e. The Morgan fingerprint density at radius 1 is 1.29 bits per heavy atom. The van der Waals surface area contributed by atoms with Crippen LogP contribution in [0.5, 0.6) is 0 Å². The summed E-state index contributed by atoms with van der Waals surface area (Å²) in [6.07, 6.45) is 0. The standard InChI is InChI=1S/C7H12NO.BF4/c1-4-8-6(2)5-7(3)9-8;2-1(3,4)5/h5H,4H2,1-3H3;/q+1;-1. The first-order valence-corrected chi connectivity index (χ1v) is 4.08. The first-order valence-electron chi connectivity index (χ1n) is 4.08. The molecule has 0 bridgehead atoms. The number of hydrogen-bond acceptors (Lipinski definition) is 1. The van der Waals surface area contributed by atoms with Gasteiger partial charge in [-0.2, -0.15) is 0 Å². The summed E-state index contributed by atoms with van der Waals surface area (Å²) in [7, 11) is -6.00. The molecule has 0 fully saturated rings. The van der Waals surface area contributed by atoms with Gasteiger partial charge in [-0.25, -0.2) is 4.52 Å². The molecule has 0 unspecified atom stereocenters. The van der Waals surface area contributed by atoms with E-state index < -0.39 is 7.25 Å². The van der Waals surface area contributed by atoms with Gasteiger partial charge in [0.25, 0.3) is 0 Å². The molecule has 0 aliphatic carbocycles. The smallest absolute Gasteiger partial charge is 0.418 e. The highest BCUT2D eigenvalue weighted by Crippen LogP contribution is 2.06. The fourth-order valence-electron chi connectivity index (χ4n) is 0.952. The van der Waals surface area contributed by atoms with Gasteiger partial charge in [0.15, 0.2) is 12.3 Å². The maximum absolute atomic E-state index is 9.75. The summed E-state index contributed by atoms with van der Waals surface area (Å²) in [4.78, 5) is 0. The van der Waals surface area contributed by atoms with Crippen LogP contribution in [0.3, 0.4) is 0 Å². The Morgan fingerprint density at radius 3 is 1.86 bits per heavy atom. The molecule has 1 aromatic rings. The Bertz CT molecular complexity index is 278. The number of aromatic nitrogens is 1. The van der Waals surface area contributed by atoms with E-state index in [1.54, 1.807) is 0 Å². The van der Waals surface area contributed by atoms with Crippen molar-refractivity contribution in [3.05, 3.63) is 17.5 Å². The molecule has 0 aromatic carbocycles. The van der Waals surface area contributed by atoms with Crippen LogP contribution in [0.1, 0.15) is 18.4 Å². The zero-order chi connectivity index (χ0) is 11.4. The first kappa shape index (κ1) is 13.0. The van der Waals surface area contributed by atoms with E-state index in [-0.39, 0.29) is 0 Å². The zero-order valence-electron chi connectivity index (χ0n) is 8.23. The quantitative estimate of drug-likeness (QED) is 0.398. The highest BCUT2D eigenvalue weighted by molar-refractivity contribution is 6.50. The van der Waals surface area contributed by atoms with Gasteiger partial charge in [0.1, 0.15) is 0 Å². The fourth-order valence-corrected chi connectivity index (χ4v) is 0.952. The van der Waals surface area contributed by atoms with Crippen LogP contribution in [0.4, 0.5) is 17.3 Å². The molecule has 2 nitrogen and oxygen atoms in total. The van der Waals surface area contributed by atoms with Crippen LogP contribution in [0.15, 0.2) is 10.6 Å². The van der Waals surface area contributed by atoms with Crippen molar-refractivity contribution >= 4 is 7.25 Å². The Balaban J connectivity index is 0.000000292. The van der Waals surface area contributed by atoms with Crippen molar-refractivity contribution in [1.29, 1.82) is 0 Å². The molecule has 0 spiro atoms. The Morgan fingerprint density at radius 2 is 1.71 bits per heavy atom. The topological polar surface area (TPSA) is 17.0 Å². The van der Waals surface area contributed by atoms with E-state index in [1.807, 2.05) is 24.7 Å². The summed E-state index contributed by atoms with van der Waals surface area (Å²) in [5.74, 6) is 0.981. The van der Waals surface area contributed by atoms with Gasteiger partial charge in [0.05, 0.1) is 6.07 Å². The summed E-state index contributed by atoms with van der Waals surface area (Å²) in [6.45, 7) is 6.98. The van der Waals surface area contributed by atoms with Crippen LogP contribution >= 0.6 is 0 Å². The van der Waals surface area contributed by atoms with Crippen LogP contribution in [-0.2, 0) is 6.54 Å². The zero-order valence-corrected chi connectivity index (χ0v) is 8.23. The first-order chi connectivity index (χ1) is 6.24. The third-order valence-corrected chi connectivity index (χ3v) is 1.35. The van der Waals surface area contributed by atoms with Gasteiger partial charge in [-0.15, -0.1) is 0 Å². The third-order valence-electron chi connectivity index (χ3n) is 1.35. The Labute approximate surface area is 79.6 Å². The number of rotatable bonds is 1. The average molecular weight is 213 g/mol. The summed E-state index contributed by atoms with van der Waals surface area (Å²) in [5.41, 5.74) is 1.19. The van der Waals surface area contributed by atoms with Gasteiger partial charge in [-0.05, 0) is 11.7 Å². The van der Waals surface area contributed by atoms with Crippen molar-refractivity contribution < 1.29 is 26.5 Å². The molecule has 1 rings (SSSR count). The summed E-state index contributed by atoms with van der Waals surface area (Å²) in [6, 6.07) is 2.03. The molecule has 0 atom stereocenters. The highest BCUT2D eigenvalue weighted by Gasteiger charge is 2.20. The van der Waals surface area contributed by atoms with Crippen molar-refractivity contribution in [2.75, 3.05) is 0 Å². The van der Waals surface area contributed by atoms with Crippen LogP contribution in [0.2, 0.25) is 0 Å². The molecule has 0 saturated heterocycles. The Hall–Kier alpha value is -1.01. The monoisotopic (exact) mass is 213 g/mol. The fraction of sp³-hybridized carbons (Fsp3) is 0.571. The number of halogens is 4. The largest absolute Gasteiger partial charge is 0.673 e. The number of aryl methyl sites for hydroxylation is 3. The minimum atomic E-state index is -6.00. The molecule has 1 aromatic heterocycles. The maximum Gasteiger partial charge on any atom is 0.673 e.